The van der Waals surface area contributed by atoms with Crippen LogP contribution in [0.15, 0.2) is 40.9 Å². The number of aryl methyl sites for hydroxylation is 1. The lowest BCUT2D eigenvalue weighted by atomic mass is 10.0. The van der Waals surface area contributed by atoms with Gasteiger partial charge in [-0.2, -0.15) is 0 Å². The Kier molecular flexibility index (Phi) is 4.68. The number of hydrogen-bond acceptors (Lipinski definition) is 2. The number of nitrogen functional groups attached to an aromatic ring is 1. The molecule has 0 saturated heterocycles. The molecule has 0 aliphatic carbocycles. The molecule has 3 nitrogen and oxygen atoms in total. The number of nitrogens with two attached hydrogens (primary N) is 1. The molecule has 0 spiro atoms. The Morgan fingerprint density at radius 3 is 2.48 bits per heavy atom. The van der Waals surface area contributed by atoms with Gasteiger partial charge in [0, 0.05) is 10.0 Å². The number of amidine groups is 1. The van der Waals surface area contributed by atoms with Crippen LogP contribution in [0.1, 0.15) is 36.5 Å². The summed E-state index contributed by atoms with van der Waals surface area (Å²) >= 11 is 3.42. The summed E-state index contributed by atoms with van der Waals surface area (Å²) in [5, 5.41) is 7.49. The predicted molar refractivity (Wildman–Crippen MR) is 90.5 cm³/mol. The Bertz CT molecular complexity index is 680. The molecule has 4 heteroatoms. The Balaban J connectivity index is 2.36. The first-order valence-corrected chi connectivity index (χ1v) is 7.60. The molecule has 2 aromatic rings. The minimum atomic E-state index is 0.0341. The number of hydrogen-bond donors (Lipinski definition) is 2. The molecule has 0 fully saturated rings. The third kappa shape index (κ3) is 3.64. The van der Waals surface area contributed by atoms with Crippen LogP contribution in [-0.4, -0.2) is 5.84 Å². The minimum Gasteiger partial charge on any atom is -0.457 e. The number of nitrogens with one attached hydrogen (secondary N) is 1. The second-order valence-corrected chi connectivity index (χ2v) is 6.21. The van der Waals surface area contributed by atoms with E-state index in [9.17, 15) is 0 Å². The molecule has 0 aliphatic heterocycles. The summed E-state index contributed by atoms with van der Waals surface area (Å²) in [5.74, 6) is 2.01. The lowest BCUT2D eigenvalue weighted by Gasteiger charge is -2.15. The Labute approximate surface area is 133 Å². The molecule has 2 rings (SSSR count). The van der Waals surface area contributed by atoms with Crippen LogP contribution in [0.2, 0.25) is 0 Å². The Hall–Kier alpha value is -1.81. The van der Waals surface area contributed by atoms with Gasteiger partial charge >= 0.3 is 0 Å². The van der Waals surface area contributed by atoms with Crippen molar-refractivity contribution in [3.05, 3.63) is 57.6 Å². The lowest BCUT2D eigenvalue weighted by molar-refractivity contribution is 0.472. The molecule has 0 bridgehead atoms. The molecule has 2 aromatic carbocycles. The van der Waals surface area contributed by atoms with Crippen molar-refractivity contribution in [2.75, 3.05) is 0 Å². The van der Waals surface area contributed by atoms with Gasteiger partial charge < -0.3 is 10.5 Å². The Morgan fingerprint density at radius 1 is 1.19 bits per heavy atom. The zero-order chi connectivity index (χ0) is 15.6. The van der Waals surface area contributed by atoms with Crippen molar-refractivity contribution in [1.82, 2.24) is 0 Å². The van der Waals surface area contributed by atoms with Gasteiger partial charge in [0.05, 0.1) is 0 Å². The van der Waals surface area contributed by atoms with Crippen molar-refractivity contribution >= 4 is 21.8 Å². The Morgan fingerprint density at radius 2 is 1.90 bits per heavy atom. The summed E-state index contributed by atoms with van der Waals surface area (Å²) in [4.78, 5) is 0. The highest BCUT2D eigenvalue weighted by atomic mass is 79.9. The van der Waals surface area contributed by atoms with Crippen molar-refractivity contribution < 1.29 is 4.74 Å². The average molecular weight is 347 g/mol. The van der Waals surface area contributed by atoms with Gasteiger partial charge in [-0.15, -0.1) is 0 Å². The summed E-state index contributed by atoms with van der Waals surface area (Å²) in [7, 11) is 0. The fourth-order valence-electron chi connectivity index (χ4n) is 2.11. The monoisotopic (exact) mass is 346 g/mol. The van der Waals surface area contributed by atoms with E-state index < -0.39 is 0 Å². The van der Waals surface area contributed by atoms with Gasteiger partial charge in [-0.3, -0.25) is 5.41 Å². The third-order valence-corrected chi connectivity index (χ3v) is 3.91. The summed E-state index contributed by atoms with van der Waals surface area (Å²) < 4.78 is 6.78. The topological polar surface area (TPSA) is 59.1 Å². The molecular formula is C17H19BrN2O. The van der Waals surface area contributed by atoms with Crippen molar-refractivity contribution in [2.45, 2.75) is 26.7 Å². The van der Waals surface area contributed by atoms with Crippen LogP contribution in [0, 0.1) is 12.3 Å². The van der Waals surface area contributed by atoms with Gasteiger partial charge in [0.1, 0.15) is 17.3 Å². The quantitative estimate of drug-likeness (QED) is 0.607. The van der Waals surface area contributed by atoms with E-state index in [0.717, 1.165) is 21.5 Å². The number of ether oxygens (including phenoxy) is 1. The van der Waals surface area contributed by atoms with E-state index in [1.165, 1.54) is 5.56 Å². The van der Waals surface area contributed by atoms with Crippen LogP contribution < -0.4 is 10.5 Å². The van der Waals surface area contributed by atoms with Gasteiger partial charge in [0.2, 0.25) is 0 Å². The van der Waals surface area contributed by atoms with Gasteiger partial charge in [-0.25, -0.2) is 0 Å². The third-order valence-electron chi connectivity index (χ3n) is 3.25. The molecule has 0 amide bonds. The van der Waals surface area contributed by atoms with Crippen LogP contribution in [0.3, 0.4) is 0 Å². The number of rotatable bonds is 4. The smallest absolute Gasteiger partial charge is 0.131 e. The molecule has 0 radical (unpaired) electrons. The molecule has 0 saturated carbocycles. The molecule has 0 unspecified atom stereocenters. The number of benzene rings is 2. The maximum Gasteiger partial charge on any atom is 0.131 e. The van der Waals surface area contributed by atoms with Gasteiger partial charge in [-0.1, -0.05) is 26.0 Å². The van der Waals surface area contributed by atoms with Crippen LogP contribution in [0.25, 0.3) is 0 Å². The van der Waals surface area contributed by atoms with E-state index in [2.05, 4.69) is 41.9 Å². The molecule has 110 valence electrons. The highest BCUT2D eigenvalue weighted by Gasteiger charge is 2.11. The molecule has 0 atom stereocenters. The largest absolute Gasteiger partial charge is 0.457 e. The first-order chi connectivity index (χ1) is 9.88. The van der Waals surface area contributed by atoms with Crippen molar-refractivity contribution in [1.29, 1.82) is 5.41 Å². The summed E-state index contributed by atoms with van der Waals surface area (Å²) in [6.07, 6.45) is 0. The van der Waals surface area contributed by atoms with Gasteiger partial charge in [0.15, 0.2) is 0 Å². The molecule has 0 aromatic heterocycles. The molecule has 21 heavy (non-hydrogen) atoms. The van der Waals surface area contributed by atoms with Crippen LogP contribution in [-0.2, 0) is 0 Å². The molecule has 0 aliphatic rings. The normalized spacial score (nSPS) is 10.7. The van der Waals surface area contributed by atoms with E-state index in [4.69, 9.17) is 15.9 Å². The van der Waals surface area contributed by atoms with Crippen molar-refractivity contribution in [3.63, 3.8) is 0 Å². The van der Waals surface area contributed by atoms with E-state index in [-0.39, 0.29) is 5.84 Å². The molecular weight excluding hydrogens is 328 g/mol. The van der Waals surface area contributed by atoms with Gasteiger partial charge in [0.25, 0.3) is 0 Å². The van der Waals surface area contributed by atoms with Crippen molar-refractivity contribution in [2.24, 2.45) is 5.73 Å². The van der Waals surface area contributed by atoms with E-state index in [1.807, 2.05) is 25.1 Å². The number of halogens is 1. The van der Waals surface area contributed by atoms with Crippen LogP contribution in [0.5, 0.6) is 11.5 Å². The van der Waals surface area contributed by atoms with E-state index in [1.54, 1.807) is 6.07 Å². The first kappa shape index (κ1) is 15.6. The standard InChI is InChI=1S/C17H19BrN2O/c1-10(2)13-6-4-11(3)8-16(13)21-12-5-7-14(17(19)20)15(18)9-12/h4-10H,1-3H3,(H3,19,20). The van der Waals surface area contributed by atoms with Crippen molar-refractivity contribution in [3.8, 4) is 11.5 Å². The SMILES string of the molecule is Cc1ccc(C(C)C)c(Oc2ccc(C(=N)N)c(Br)c2)c1. The average Bonchev–Trinajstić information content (AvgIpc) is 2.37. The fourth-order valence-corrected chi connectivity index (χ4v) is 2.68. The fraction of sp³-hybridized carbons (Fsp3) is 0.235. The zero-order valence-corrected chi connectivity index (χ0v) is 14.0. The lowest BCUT2D eigenvalue weighted by Crippen LogP contribution is -2.11. The maximum absolute atomic E-state index is 7.49. The summed E-state index contributed by atoms with van der Waals surface area (Å²) in [6.45, 7) is 6.34. The highest BCUT2D eigenvalue weighted by Crippen LogP contribution is 2.33. The summed E-state index contributed by atoms with van der Waals surface area (Å²) in [5.41, 5.74) is 8.51. The van der Waals surface area contributed by atoms with Gasteiger partial charge in [-0.05, 0) is 64.2 Å². The second-order valence-electron chi connectivity index (χ2n) is 5.35. The van der Waals surface area contributed by atoms with E-state index >= 15 is 0 Å². The summed E-state index contributed by atoms with van der Waals surface area (Å²) in [6, 6.07) is 11.7. The minimum absolute atomic E-state index is 0.0341. The first-order valence-electron chi connectivity index (χ1n) is 6.81. The maximum atomic E-state index is 7.49. The van der Waals surface area contributed by atoms with Crippen LogP contribution >= 0.6 is 15.9 Å². The predicted octanol–water partition coefficient (Wildman–Crippen LogP) is 4.96. The van der Waals surface area contributed by atoms with E-state index in [0.29, 0.717) is 11.5 Å². The second kappa shape index (κ2) is 6.31. The molecule has 3 N–H and O–H groups in total. The molecule has 0 heterocycles. The van der Waals surface area contributed by atoms with Crippen LogP contribution in [0.4, 0.5) is 0 Å². The zero-order valence-electron chi connectivity index (χ0n) is 12.4. The highest BCUT2D eigenvalue weighted by molar-refractivity contribution is 9.10.